The van der Waals surface area contributed by atoms with Gasteiger partial charge in [0.2, 0.25) is 0 Å². The molecule has 0 aromatic carbocycles. The van der Waals surface area contributed by atoms with Crippen LogP contribution in [0, 0.1) is 17.2 Å². The summed E-state index contributed by atoms with van der Waals surface area (Å²) < 4.78 is 0. The zero-order valence-corrected chi connectivity index (χ0v) is 5.59. The number of hydrogen-bond donors (Lipinski definition) is 0. The lowest BCUT2D eigenvalue weighted by Gasteiger charge is -2.37. The van der Waals surface area contributed by atoms with E-state index in [4.69, 9.17) is 5.26 Å². The third kappa shape index (κ3) is 1.05. The van der Waals surface area contributed by atoms with Gasteiger partial charge < -0.3 is 4.90 Å². The van der Waals surface area contributed by atoms with Gasteiger partial charge in [0.15, 0.2) is 0 Å². The average molecular weight is 122 g/mol. The van der Waals surface area contributed by atoms with Gasteiger partial charge in [-0.3, -0.25) is 0 Å². The second-order valence-electron chi connectivity index (χ2n) is 2.47. The summed E-state index contributed by atoms with van der Waals surface area (Å²) in [6, 6.07) is 2.20. The van der Waals surface area contributed by atoms with Gasteiger partial charge in [-0.1, -0.05) is 6.58 Å². The fourth-order valence-electron chi connectivity index (χ4n) is 0.872. The molecule has 0 aromatic rings. The highest BCUT2D eigenvalue weighted by Gasteiger charge is 2.25. The molecule has 0 bridgehead atoms. The van der Waals surface area contributed by atoms with Crippen molar-refractivity contribution in [1.29, 1.82) is 5.26 Å². The Kier molecular flexibility index (Phi) is 1.44. The first-order valence-electron chi connectivity index (χ1n) is 3.04. The van der Waals surface area contributed by atoms with Crippen molar-refractivity contribution in [1.82, 2.24) is 4.90 Å². The summed E-state index contributed by atoms with van der Waals surface area (Å²) in [4.78, 5) is 2.11. The van der Waals surface area contributed by atoms with E-state index in [9.17, 15) is 0 Å². The molecule has 0 aromatic heterocycles. The Bertz CT molecular complexity index is 160. The number of nitrogens with zero attached hydrogens (tertiary/aromatic N) is 2. The van der Waals surface area contributed by atoms with Crippen molar-refractivity contribution < 1.29 is 0 Å². The van der Waals surface area contributed by atoms with E-state index in [1.165, 1.54) is 0 Å². The van der Waals surface area contributed by atoms with Crippen LogP contribution in [0.5, 0.6) is 0 Å². The van der Waals surface area contributed by atoms with Gasteiger partial charge in [0, 0.05) is 18.8 Å². The molecule has 2 heteroatoms. The minimum absolute atomic E-state index is 0.252. The largest absolute Gasteiger partial charge is 0.373 e. The van der Waals surface area contributed by atoms with Gasteiger partial charge in [-0.2, -0.15) is 5.26 Å². The first-order chi connectivity index (χ1) is 4.24. The predicted octanol–water partition coefficient (Wildman–Crippen LogP) is 0.975. The maximum absolute atomic E-state index is 8.38. The molecule has 1 aliphatic heterocycles. The lowest BCUT2D eigenvalue weighted by molar-refractivity contribution is 0.185. The Balaban J connectivity index is 2.29. The molecule has 0 amide bonds. The number of likely N-dealkylation sites (tertiary alicyclic amines) is 1. The van der Waals surface area contributed by atoms with Crippen LogP contribution in [-0.2, 0) is 0 Å². The van der Waals surface area contributed by atoms with Gasteiger partial charge in [0.1, 0.15) is 0 Å². The molecule has 0 N–H and O–H groups in total. The van der Waals surface area contributed by atoms with Crippen LogP contribution in [-0.4, -0.2) is 18.0 Å². The minimum atomic E-state index is 0.252. The number of allylic oxidation sites excluding steroid dienone is 1. The summed E-state index contributed by atoms with van der Waals surface area (Å²) >= 11 is 0. The van der Waals surface area contributed by atoms with E-state index in [0.717, 1.165) is 18.8 Å². The molecule has 0 spiro atoms. The molecule has 1 fully saturated rings. The Hall–Kier alpha value is -0.970. The summed E-state index contributed by atoms with van der Waals surface area (Å²) in [5.74, 6) is 0.252. The van der Waals surface area contributed by atoms with E-state index < -0.39 is 0 Å². The van der Waals surface area contributed by atoms with Gasteiger partial charge >= 0.3 is 0 Å². The minimum Gasteiger partial charge on any atom is -0.373 e. The first-order valence-corrected chi connectivity index (χ1v) is 3.04. The Morgan fingerprint density at radius 1 is 1.78 bits per heavy atom. The standard InChI is InChI=1S/C7H10N2/c1-6(2)9-4-7(3-8)5-9/h7H,1,4-5H2,2H3. The SMILES string of the molecule is C=C(C)N1CC(C#N)C1. The van der Waals surface area contributed by atoms with Crippen molar-refractivity contribution in [2.24, 2.45) is 5.92 Å². The van der Waals surface area contributed by atoms with Crippen LogP contribution in [0.15, 0.2) is 12.3 Å². The highest BCUT2D eigenvalue weighted by Crippen LogP contribution is 2.17. The average Bonchev–Trinajstić information content (AvgIpc) is 1.61. The second-order valence-corrected chi connectivity index (χ2v) is 2.47. The fraction of sp³-hybridized carbons (Fsp3) is 0.571. The molecule has 1 aliphatic rings. The summed E-state index contributed by atoms with van der Waals surface area (Å²) in [6.45, 7) is 7.49. The van der Waals surface area contributed by atoms with Crippen molar-refractivity contribution >= 4 is 0 Å². The number of hydrogen-bond acceptors (Lipinski definition) is 2. The van der Waals surface area contributed by atoms with E-state index in [0.29, 0.717) is 0 Å². The zero-order valence-electron chi connectivity index (χ0n) is 5.59. The van der Waals surface area contributed by atoms with Crippen molar-refractivity contribution in [3.63, 3.8) is 0 Å². The smallest absolute Gasteiger partial charge is 0.0812 e. The fourth-order valence-corrected chi connectivity index (χ4v) is 0.872. The highest BCUT2D eigenvalue weighted by molar-refractivity contribution is 5.03. The van der Waals surface area contributed by atoms with Crippen molar-refractivity contribution in [2.45, 2.75) is 6.92 Å². The van der Waals surface area contributed by atoms with Gasteiger partial charge in [-0.25, -0.2) is 0 Å². The Morgan fingerprint density at radius 2 is 2.33 bits per heavy atom. The molecule has 0 unspecified atom stereocenters. The molecule has 0 saturated carbocycles. The first kappa shape index (κ1) is 6.15. The highest BCUT2D eigenvalue weighted by atomic mass is 15.2. The number of rotatable bonds is 1. The van der Waals surface area contributed by atoms with Crippen LogP contribution in [0.1, 0.15) is 6.92 Å². The van der Waals surface area contributed by atoms with E-state index in [1.54, 1.807) is 0 Å². The van der Waals surface area contributed by atoms with Gasteiger partial charge in [-0.15, -0.1) is 0 Å². The van der Waals surface area contributed by atoms with Crippen LogP contribution in [0.4, 0.5) is 0 Å². The quantitative estimate of drug-likeness (QED) is 0.518. The normalized spacial score (nSPS) is 18.4. The van der Waals surface area contributed by atoms with E-state index >= 15 is 0 Å². The maximum atomic E-state index is 8.38. The predicted molar refractivity (Wildman–Crippen MR) is 35.5 cm³/mol. The van der Waals surface area contributed by atoms with Crippen LogP contribution in [0.2, 0.25) is 0 Å². The van der Waals surface area contributed by atoms with E-state index in [-0.39, 0.29) is 5.92 Å². The third-order valence-electron chi connectivity index (χ3n) is 1.60. The molecule has 9 heavy (non-hydrogen) atoms. The molecule has 1 saturated heterocycles. The molecule has 0 atom stereocenters. The lowest BCUT2D eigenvalue weighted by Crippen LogP contribution is -2.44. The maximum Gasteiger partial charge on any atom is 0.0812 e. The van der Waals surface area contributed by atoms with Crippen LogP contribution in [0.25, 0.3) is 0 Å². The molecule has 2 nitrogen and oxygen atoms in total. The molecule has 0 radical (unpaired) electrons. The van der Waals surface area contributed by atoms with Crippen molar-refractivity contribution in [3.8, 4) is 6.07 Å². The molecule has 1 rings (SSSR count). The lowest BCUT2D eigenvalue weighted by atomic mass is 10.0. The molecular formula is C7H10N2. The summed E-state index contributed by atoms with van der Waals surface area (Å²) in [7, 11) is 0. The van der Waals surface area contributed by atoms with Crippen molar-refractivity contribution in [3.05, 3.63) is 12.3 Å². The Labute approximate surface area is 55.4 Å². The summed E-state index contributed by atoms with van der Waals surface area (Å²) in [5, 5.41) is 8.38. The van der Waals surface area contributed by atoms with Crippen LogP contribution in [0.3, 0.4) is 0 Å². The van der Waals surface area contributed by atoms with Gasteiger partial charge in [0.05, 0.1) is 12.0 Å². The monoisotopic (exact) mass is 122 g/mol. The van der Waals surface area contributed by atoms with Crippen molar-refractivity contribution in [2.75, 3.05) is 13.1 Å². The number of nitriles is 1. The van der Waals surface area contributed by atoms with Crippen LogP contribution >= 0.6 is 0 Å². The summed E-state index contributed by atoms with van der Waals surface area (Å²) in [5.41, 5.74) is 1.07. The third-order valence-corrected chi connectivity index (χ3v) is 1.60. The van der Waals surface area contributed by atoms with Crippen LogP contribution < -0.4 is 0 Å². The van der Waals surface area contributed by atoms with Gasteiger partial charge in [-0.05, 0) is 6.92 Å². The second kappa shape index (κ2) is 2.10. The van der Waals surface area contributed by atoms with E-state index in [1.807, 2.05) is 6.92 Å². The molecule has 0 aliphatic carbocycles. The topological polar surface area (TPSA) is 27.0 Å². The van der Waals surface area contributed by atoms with Gasteiger partial charge in [0.25, 0.3) is 0 Å². The molecule has 1 heterocycles. The summed E-state index contributed by atoms with van der Waals surface area (Å²) in [6.07, 6.45) is 0. The Morgan fingerprint density at radius 3 is 2.67 bits per heavy atom. The molecular weight excluding hydrogens is 112 g/mol. The van der Waals surface area contributed by atoms with E-state index in [2.05, 4.69) is 17.5 Å². The molecule has 48 valence electrons. The zero-order chi connectivity index (χ0) is 6.85.